The van der Waals surface area contributed by atoms with Crippen molar-refractivity contribution >= 4 is 17.8 Å². The molecule has 7 heteroatoms. The van der Waals surface area contributed by atoms with Crippen LogP contribution in [0.4, 0.5) is 0 Å². The Morgan fingerprint density at radius 1 is 1.00 bits per heavy atom. The average molecular weight is 342 g/mol. The summed E-state index contributed by atoms with van der Waals surface area (Å²) in [6.45, 7) is 3.00. The molecule has 25 heavy (non-hydrogen) atoms. The number of esters is 1. The Bertz CT molecular complexity index is 789. The van der Waals surface area contributed by atoms with Gasteiger partial charge in [0.2, 0.25) is 0 Å². The van der Waals surface area contributed by atoms with E-state index < -0.39 is 23.9 Å². The van der Waals surface area contributed by atoms with Crippen molar-refractivity contribution in [1.82, 2.24) is 10.9 Å². The van der Waals surface area contributed by atoms with E-state index in [0.29, 0.717) is 11.1 Å². The van der Waals surface area contributed by atoms with Crippen molar-refractivity contribution in [2.75, 3.05) is 0 Å². The predicted octanol–water partition coefficient (Wildman–Crippen LogP) is 1.71. The quantitative estimate of drug-likeness (QED) is 0.579. The Morgan fingerprint density at radius 2 is 1.68 bits per heavy atom. The maximum atomic E-state index is 12.0. The van der Waals surface area contributed by atoms with Crippen molar-refractivity contribution in [3.63, 3.8) is 0 Å². The van der Waals surface area contributed by atoms with Crippen molar-refractivity contribution in [2.24, 2.45) is 0 Å². The highest BCUT2D eigenvalue weighted by atomic mass is 16.5. The van der Waals surface area contributed by atoms with Crippen LogP contribution in [0.3, 0.4) is 0 Å². The molecule has 0 aliphatic heterocycles. The minimum atomic E-state index is -1.16. The molecule has 1 atom stereocenters. The zero-order valence-corrected chi connectivity index (χ0v) is 13.8. The average Bonchev–Trinajstić information content (AvgIpc) is 2.62. The number of aryl methyl sites for hydroxylation is 1. The molecule has 0 aromatic heterocycles. The molecule has 2 aromatic rings. The maximum Gasteiger partial charge on any atom is 0.342 e. The van der Waals surface area contributed by atoms with Gasteiger partial charge in [-0.15, -0.1) is 0 Å². The summed E-state index contributed by atoms with van der Waals surface area (Å²) >= 11 is 0. The third kappa shape index (κ3) is 4.57. The molecule has 0 heterocycles. The molecule has 0 saturated carbocycles. The molecule has 0 radical (unpaired) electrons. The molecule has 7 nitrogen and oxygen atoms in total. The van der Waals surface area contributed by atoms with Crippen molar-refractivity contribution < 1.29 is 24.2 Å². The molecule has 2 rings (SSSR count). The van der Waals surface area contributed by atoms with E-state index in [2.05, 4.69) is 10.9 Å². The van der Waals surface area contributed by atoms with E-state index in [9.17, 15) is 19.5 Å². The summed E-state index contributed by atoms with van der Waals surface area (Å²) in [7, 11) is 0. The summed E-state index contributed by atoms with van der Waals surface area (Å²) in [5.74, 6) is -2.23. The van der Waals surface area contributed by atoms with Crippen molar-refractivity contribution in [2.45, 2.75) is 20.0 Å². The zero-order chi connectivity index (χ0) is 18.4. The van der Waals surface area contributed by atoms with E-state index in [1.807, 2.05) is 0 Å². The smallest absolute Gasteiger partial charge is 0.342 e. The van der Waals surface area contributed by atoms with Gasteiger partial charge in [-0.1, -0.05) is 30.3 Å². The van der Waals surface area contributed by atoms with Crippen LogP contribution in [-0.4, -0.2) is 29.0 Å². The molecule has 3 N–H and O–H groups in total. The standard InChI is InChI=1S/C18H18N2O5/c1-11-7-6-10-14(15(11)21)18(24)25-12(2)16(22)19-20-17(23)13-8-4-3-5-9-13/h3-10,12,21H,1-2H3,(H,19,22)(H,20,23)/t12-/m1/s1. The Morgan fingerprint density at radius 3 is 2.36 bits per heavy atom. The van der Waals surface area contributed by atoms with Gasteiger partial charge < -0.3 is 9.84 Å². The van der Waals surface area contributed by atoms with Crippen LogP contribution < -0.4 is 10.9 Å². The van der Waals surface area contributed by atoms with Gasteiger partial charge in [0, 0.05) is 5.56 Å². The molecule has 2 aromatic carbocycles. The first-order valence-electron chi connectivity index (χ1n) is 7.55. The largest absolute Gasteiger partial charge is 0.507 e. The fourth-order valence-electron chi connectivity index (χ4n) is 1.98. The Kier molecular flexibility index (Phi) is 5.73. The summed E-state index contributed by atoms with van der Waals surface area (Å²) in [5, 5.41) is 9.86. The number of aromatic hydroxyl groups is 1. The molecular weight excluding hydrogens is 324 g/mol. The number of amides is 2. The number of phenolic OH excluding ortho intramolecular Hbond substituents is 1. The van der Waals surface area contributed by atoms with E-state index in [1.54, 1.807) is 49.4 Å². The van der Waals surface area contributed by atoms with E-state index in [1.165, 1.54) is 13.0 Å². The highest BCUT2D eigenvalue weighted by molar-refractivity contribution is 5.97. The van der Waals surface area contributed by atoms with Crippen molar-refractivity contribution in [1.29, 1.82) is 0 Å². The number of para-hydroxylation sites is 1. The van der Waals surface area contributed by atoms with Gasteiger partial charge in [-0.3, -0.25) is 20.4 Å². The van der Waals surface area contributed by atoms with Gasteiger partial charge in [0.15, 0.2) is 6.10 Å². The summed E-state index contributed by atoms with van der Waals surface area (Å²) < 4.78 is 5.01. The summed E-state index contributed by atoms with van der Waals surface area (Å²) in [5.41, 5.74) is 5.27. The van der Waals surface area contributed by atoms with Crippen LogP contribution in [0.25, 0.3) is 0 Å². The van der Waals surface area contributed by atoms with Gasteiger partial charge in [-0.2, -0.15) is 0 Å². The van der Waals surface area contributed by atoms with Gasteiger partial charge in [0.1, 0.15) is 11.3 Å². The normalized spacial score (nSPS) is 11.3. The number of rotatable bonds is 4. The topological polar surface area (TPSA) is 105 Å². The van der Waals surface area contributed by atoms with E-state index in [0.717, 1.165) is 0 Å². The van der Waals surface area contributed by atoms with Crippen LogP contribution >= 0.6 is 0 Å². The minimum absolute atomic E-state index is 0.0343. The summed E-state index contributed by atoms with van der Waals surface area (Å²) in [4.78, 5) is 35.8. The minimum Gasteiger partial charge on any atom is -0.507 e. The second-order valence-corrected chi connectivity index (χ2v) is 5.33. The number of carbonyl (C=O) groups excluding carboxylic acids is 3. The summed E-state index contributed by atoms with van der Waals surface area (Å²) in [6, 6.07) is 12.9. The fraction of sp³-hybridized carbons (Fsp3) is 0.167. The molecule has 0 saturated heterocycles. The van der Waals surface area contributed by atoms with Crippen LogP contribution in [0.5, 0.6) is 5.75 Å². The highest BCUT2D eigenvalue weighted by Gasteiger charge is 2.21. The SMILES string of the molecule is Cc1cccc(C(=O)O[C@H](C)C(=O)NNC(=O)c2ccccc2)c1O. The van der Waals surface area contributed by atoms with Gasteiger partial charge >= 0.3 is 5.97 Å². The van der Waals surface area contributed by atoms with Crippen LogP contribution in [-0.2, 0) is 9.53 Å². The third-order valence-electron chi connectivity index (χ3n) is 3.45. The first-order valence-corrected chi connectivity index (χ1v) is 7.55. The fourth-order valence-corrected chi connectivity index (χ4v) is 1.98. The number of hydrogen-bond donors (Lipinski definition) is 3. The second-order valence-electron chi connectivity index (χ2n) is 5.33. The molecule has 0 bridgehead atoms. The molecule has 0 aliphatic rings. The Labute approximate surface area is 144 Å². The monoisotopic (exact) mass is 342 g/mol. The molecule has 2 amide bonds. The number of hydrazine groups is 1. The molecule has 0 unspecified atom stereocenters. The number of hydrogen-bond acceptors (Lipinski definition) is 5. The lowest BCUT2D eigenvalue weighted by Gasteiger charge is -2.15. The number of carbonyl (C=O) groups is 3. The lowest BCUT2D eigenvalue weighted by atomic mass is 10.1. The Hall–Kier alpha value is -3.35. The van der Waals surface area contributed by atoms with E-state index in [-0.39, 0.29) is 11.3 Å². The molecule has 0 fully saturated rings. The van der Waals surface area contributed by atoms with Crippen LogP contribution in [0.2, 0.25) is 0 Å². The van der Waals surface area contributed by atoms with Gasteiger partial charge in [-0.25, -0.2) is 4.79 Å². The predicted molar refractivity (Wildman–Crippen MR) is 89.8 cm³/mol. The lowest BCUT2D eigenvalue weighted by molar-refractivity contribution is -0.129. The first-order chi connectivity index (χ1) is 11.9. The van der Waals surface area contributed by atoms with Crippen LogP contribution in [0.1, 0.15) is 33.2 Å². The molecule has 0 aliphatic carbocycles. The van der Waals surface area contributed by atoms with Crippen LogP contribution in [0.15, 0.2) is 48.5 Å². The van der Waals surface area contributed by atoms with Crippen molar-refractivity contribution in [3.05, 3.63) is 65.2 Å². The van der Waals surface area contributed by atoms with Gasteiger partial charge in [0.25, 0.3) is 11.8 Å². The molecule has 0 spiro atoms. The van der Waals surface area contributed by atoms with Gasteiger partial charge in [0.05, 0.1) is 0 Å². The number of benzene rings is 2. The highest BCUT2D eigenvalue weighted by Crippen LogP contribution is 2.22. The van der Waals surface area contributed by atoms with E-state index >= 15 is 0 Å². The van der Waals surface area contributed by atoms with E-state index in [4.69, 9.17) is 4.74 Å². The summed E-state index contributed by atoms with van der Waals surface area (Å²) in [6.07, 6.45) is -1.16. The maximum absolute atomic E-state index is 12.0. The molecular formula is C18H18N2O5. The number of phenols is 1. The van der Waals surface area contributed by atoms with Crippen LogP contribution in [0, 0.1) is 6.92 Å². The van der Waals surface area contributed by atoms with Crippen molar-refractivity contribution in [3.8, 4) is 5.75 Å². The number of nitrogens with one attached hydrogen (secondary N) is 2. The second kappa shape index (κ2) is 7.96. The third-order valence-corrected chi connectivity index (χ3v) is 3.45. The Balaban J connectivity index is 1.91. The zero-order valence-electron chi connectivity index (χ0n) is 13.8. The molecule has 130 valence electrons. The lowest BCUT2D eigenvalue weighted by Crippen LogP contribution is -2.46. The first kappa shape index (κ1) is 18.0. The number of ether oxygens (including phenoxy) is 1. The van der Waals surface area contributed by atoms with Gasteiger partial charge in [-0.05, 0) is 37.6 Å².